The maximum atomic E-state index is 11.2. The van der Waals surface area contributed by atoms with E-state index in [0.29, 0.717) is 13.2 Å². The van der Waals surface area contributed by atoms with E-state index >= 15 is 0 Å². The molecule has 2 fully saturated rings. The maximum Gasteiger partial charge on any atom is 0.410 e. The third-order valence-electron chi connectivity index (χ3n) is 3.08. The molecule has 66 valence electrons. The lowest BCUT2D eigenvalue weighted by Crippen LogP contribution is -2.34. The zero-order valence-electron chi connectivity index (χ0n) is 7.46. The minimum Gasteiger partial charge on any atom is -0.447 e. The Morgan fingerprint density at radius 1 is 1.67 bits per heavy atom. The van der Waals surface area contributed by atoms with Crippen molar-refractivity contribution in [2.24, 2.45) is 5.41 Å². The van der Waals surface area contributed by atoms with E-state index in [-0.39, 0.29) is 17.6 Å². The third-order valence-corrected chi connectivity index (χ3v) is 3.08. The average Bonchev–Trinajstić information content (AvgIpc) is 2.41. The van der Waals surface area contributed by atoms with Crippen LogP contribution in [-0.4, -0.2) is 30.2 Å². The minimum absolute atomic E-state index is 0.0200. The summed E-state index contributed by atoms with van der Waals surface area (Å²) < 4.78 is 4.95. The summed E-state index contributed by atoms with van der Waals surface area (Å²) in [5, 5.41) is 0. The fraction of sp³-hybridized carbons (Fsp3) is 0.667. The molecular formula is C9H13NO2. The molecule has 0 aliphatic carbocycles. The van der Waals surface area contributed by atoms with Crippen molar-refractivity contribution in [1.82, 2.24) is 4.90 Å². The van der Waals surface area contributed by atoms with Gasteiger partial charge in [0, 0.05) is 12.0 Å². The number of cyclic esters (lactones) is 1. The number of rotatable bonds is 0. The fourth-order valence-electron chi connectivity index (χ4n) is 1.87. The van der Waals surface area contributed by atoms with Crippen LogP contribution >= 0.6 is 0 Å². The van der Waals surface area contributed by atoms with Gasteiger partial charge in [-0.3, -0.25) is 4.90 Å². The summed E-state index contributed by atoms with van der Waals surface area (Å²) in [7, 11) is 0. The molecule has 1 atom stereocenters. The summed E-state index contributed by atoms with van der Waals surface area (Å²) >= 11 is 0. The van der Waals surface area contributed by atoms with Crippen LogP contribution in [0.2, 0.25) is 0 Å². The van der Waals surface area contributed by atoms with Gasteiger partial charge in [0.15, 0.2) is 0 Å². The highest BCUT2D eigenvalue weighted by molar-refractivity contribution is 5.72. The predicted molar refractivity (Wildman–Crippen MR) is 44.8 cm³/mol. The van der Waals surface area contributed by atoms with Gasteiger partial charge in [0.25, 0.3) is 0 Å². The highest BCUT2D eigenvalue weighted by atomic mass is 16.6. The molecule has 0 saturated carbocycles. The summed E-state index contributed by atoms with van der Waals surface area (Å²) in [5.41, 5.74) is 1.15. The Kier molecular flexibility index (Phi) is 1.29. The van der Waals surface area contributed by atoms with Gasteiger partial charge in [0.1, 0.15) is 6.61 Å². The van der Waals surface area contributed by atoms with Crippen LogP contribution in [0.1, 0.15) is 13.8 Å². The molecule has 0 bridgehead atoms. The van der Waals surface area contributed by atoms with Crippen LogP contribution in [0.3, 0.4) is 0 Å². The van der Waals surface area contributed by atoms with Crippen molar-refractivity contribution in [1.29, 1.82) is 0 Å². The molecule has 3 heteroatoms. The molecule has 2 heterocycles. The number of hydrogen-bond donors (Lipinski definition) is 0. The van der Waals surface area contributed by atoms with Crippen LogP contribution < -0.4 is 0 Å². The van der Waals surface area contributed by atoms with E-state index in [2.05, 4.69) is 20.4 Å². The Hall–Kier alpha value is -0.990. The second kappa shape index (κ2) is 2.03. The number of hydrogen-bond acceptors (Lipinski definition) is 2. The highest BCUT2D eigenvalue weighted by Gasteiger charge is 2.50. The van der Waals surface area contributed by atoms with Gasteiger partial charge in [0.2, 0.25) is 0 Å². The minimum atomic E-state index is -0.188. The number of carbonyl (C=O) groups is 1. The molecule has 1 unspecified atom stereocenters. The van der Waals surface area contributed by atoms with E-state index in [1.807, 2.05) is 0 Å². The van der Waals surface area contributed by atoms with Gasteiger partial charge in [-0.2, -0.15) is 0 Å². The first kappa shape index (κ1) is 7.65. The van der Waals surface area contributed by atoms with Crippen molar-refractivity contribution in [2.45, 2.75) is 19.9 Å². The Bertz CT molecular complexity index is 257. The molecule has 0 aromatic carbocycles. The molecule has 2 aliphatic rings. The Labute approximate surface area is 72.0 Å². The molecular weight excluding hydrogens is 154 g/mol. The first-order valence-electron chi connectivity index (χ1n) is 4.15. The standard InChI is InChI=1S/C9H13NO2/c1-6-4-10-7(9(6,2)3)5-12-8(10)11/h7H,1,4-5H2,2-3H3. The number of fused-ring (bicyclic) bond motifs is 1. The molecule has 1 amide bonds. The summed E-state index contributed by atoms with van der Waals surface area (Å²) in [6, 6.07) is 0.206. The van der Waals surface area contributed by atoms with Crippen LogP contribution in [0.5, 0.6) is 0 Å². The van der Waals surface area contributed by atoms with Crippen LogP contribution in [-0.2, 0) is 4.74 Å². The fourth-order valence-corrected chi connectivity index (χ4v) is 1.87. The lowest BCUT2D eigenvalue weighted by atomic mass is 9.82. The van der Waals surface area contributed by atoms with Gasteiger partial charge in [-0.25, -0.2) is 4.79 Å². The van der Waals surface area contributed by atoms with Crippen molar-refractivity contribution in [2.75, 3.05) is 13.2 Å². The number of nitrogens with zero attached hydrogens (tertiary/aromatic N) is 1. The summed E-state index contributed by atoms with van der Waals surface area (Å²) in [5.74, 6) is 0. The highest BCUT2D eigenvalue weighted by Crippen LogP contribution is 2.42. The molecule has 0 spiro atoms. The van der Waals surface area contributed by atoms with Crippen LogP contribution in [0.4, 0.5) is 4.79 Å². The number of amides is 1. The van der Waals surface area contributed by atoms with Gasteiger partial charge in [-0.1, -0.05) is 26.0 Å². The van der Waals surface area contributed by atoms with Crippen molar-refractivity contribution in [3.8, 4) is 0 Å². The molecule has 2 rings (SSSR count). The van der Waals surface area contributed by atoms with Gasteiger partial charge < -0.3 is 4.74 Å². The summed E-state index contributed by atoms with van der Waals surface area (Å²) in [4.78, 5) is 12.9. The van der Waals surface area contributed by atoms with Gasteiger partial charge in [-0.05, 0) is 0 Å². The Morgan fingerprint density at radius 3 is 2.92 bits per heavy atom. The molecule has 12 heavy (non-hydrogen) atoms. The zero-order chi connectivity index (χ0) is 8.93. The van der Waals surface area contributed by atoms with E-state index in [4.69, 9.17) is 4.74 Å². The quantitative estimate of drug-likeness (QED) is 0.510. The zero-order valence-corrected chi connectivity index (χ0v) is 7.46. The lowest BCUT2D eigenvalue weighted by molar-refractivity contribution is 0.160. The number of ether oxygens (including phenoxy) is 1. The van der Waals surface area contributed by atoms with Crippen LogP contribution in [0, 0.1) is 5.41 Å². The topological polar surface area (TPSA) is 29.5 Å². The monoisotopic (exact) mass is 167 g/mol. The average molecular weight is 167 g/mol. The maximum absolute atomic E-state index is 11.2. The van der Waals surface area contributed by atoms with E-state index in [1.165, 1.54) is 0 Å². The van der Waals surface area contributed by atoms with Crippen molar-refractivity contribution >= 4 is 6.09 Å². The SMILES string of the molecule is C=C1CN2C(=O)OCC2C1(C)C. The molecule has 0 N–H and O–H groups in total. The number of carbonyl (C=O) groups excluding carboxylic acids is 1. The Morgan fingerprint density at radius 2 is 2.33 bits per heavy atom. The largest absolute Gasteiger partial charge is 0.447 e. The first-order valence-corrected chi connectivity index (χ1v) is 4.15. The van der Waals surface area contributed by atoms with Crippen LogP contribution in [0.25, 0.3) is 0 Å². The molecule has 0 radical (unpaired) electrons. The van der Waals surface area contributed by atoms with E-state index in [0.717, 1.165) is 5.57 Å². The molecule has 2 aliphatic heterocycles. The molecule has 0 aromatic heterocycles. The summed E-state index contributed by atoms with van der Waals surface area (Å²) in [6.45, 7) is 9.38. The molecule has 0 aromatic rings. The predicted octanol–water partition coefficient (Wildman–Crippen LogP) is 1.40. The molecule has 3 nitrogen and oxygen atoms in total. The lowest BCUT2D eigenvalue weighted by Gasteiger charge is -2.24. The van der Waals surface area contributed by atoms with Gasteiger partial charge >= 0.3 is 6.09 Å². The van der Waals surface area contributed by atoms with Crippen molar-refractivity contribution < 1.29 is 9.53 Å². The smallest absolute Gasteiger partial charge is 0.410 e. The van der Waals surface area contributed by atoms with Gasteiger partial charge in [-0.15, -0.1) is 0 Å². The second-order valence-corrected chi connectivity index (χ2v) is 4.05. The van der Waals surface area contributed by atoms with Crippen molar-refractivity contribution in [3.05, 3.63) is 12.2 Å². The van der Waals surface area contributed by atoms with Crippen molar-refractivity contribution in [3.63, 3.8) is 0 Å². The van der Waals surface area contributed by atoms with E-state index in [9.17, 15) is 4.79 Å². The van der Waals surface area contributed by atoms with E-state index in [1.54, 1.807) is 4.90 Å². The van der Waals surface area contributed by atoms with E-state index < -0.39 is 0 Å². The Balaban J connectivity index is 2.33. The first-order chi connectivity index (χ1) is 5.53. The molecule has 2 saturated heterocycles. The summed E-state index contributed by atoms with van der Waals surface area (Å²) in [6.07, 6.45) is -0.188. The van der Waals surface area contributed by atoms with Gasteiger partial charge in [0.05, 0.1) is 6.04 Å². The second-order valence-electron chi connectivity index (χ2n) is 4.05. The normalized spacial score (nSPS) is 32.2. The van der Waals surface area contributed by atoms with Crippen LogP contribution in [0.15, 0.2) is 12.2 Å². The third kappa shape index (κ3) is 0.737.